The average Bonchev–Trinajstić information content (AvgIpc) is 3.24. The predicted octanol–water partition coefficient (Wildman–Crippen LogP) is 1.42. The molecule has 1 aromatic heterocycles. The summed E-state index contributed by atoms with van der Waals surface area (Å²) in [4.78, 5) is 14.3. The van der Waals surface area contributed by atoms with Crippen molar-refractivity contribution in [2.24, 2.45) is 11.7 Å². The maximum atomic E-state index is 12.3. The number of nitrogens with zero attached hydrogens (tertiary/aromatic N) is 4. The highest BCUT2D eigenvalue weighted by Crippen LogP contribution is 2.38. The molecule has 3 rings (SSSR count). The van der Waals surface area contributed by atoms with Gasteiger partial charge in [-0.05, 0) is 31.6 Å². The number of nitrogens with two attached hydrogens (primary N) is 1. The fraction of sp³-hybridized carbons (Fsp3) is 0.786. The molecule has 2 fully saturated rings. The Hall–Kier alpha value is -1.08. The zero-order valence-corrected chi connectivity index (χ0v) is 13.3. The van der Waals surface area contributed by atoms with E-state index in [4.69, 9.17) is 5.73 Å². The van der Waals surface area contributed by atoms with Crippen molar-refractivity contribution in [3.63, 3.8) is 0 Å². The molecule has 116 valence electrons. The number of rotatable bonds is 5. The Morgan fingerprint density at radius 3 is 2.86 bits per heavy atom. The van der Waals surface area contributed by atoms with E-state index in [2.05, 4.69) is 21.7 Å². The number of hydrogen-bond donors (Lipinski definition) is 1. The second kappa shape index (κ2) is 6.36. The highest BCUT2D eigenvalue weighted by Gasteiger charge is 2.30. The molecular formula is C14H23N5OS. The highest BCUT2D eigenvalue weighted by atomic mass is 32.2. The summed E-state index contributed by atoms with van der Waals surface area (Å²) < 4.78 is 2.12. The first-order chi connectivity index (χ1) is 10.2. The first-order valence-corrected chi connectivity index (χ1v) is 8.72. The van der Waals surface area contributed by atoms with Gasteiger partial charge in [-0.2, -0.15) is 0 Å². The second-order valence-electron chi connectivity index (χ2n) is 6.08. The minimum Gasteiger partial charge on any atom is -0.342 e. The van der Waals surface area contributed by atoms with Gasteiger partial charge in [-0.15, -0.1) is 10.2 Å². The Labute approximate surface area is 129 Å². The van der Waals surface area contributed by atoms with Crippen LogP contribution in [0.4, 0.5) is 0 Å². The summed E-state index contributed by atoms with van der Waals surface area (Å²) in [6, 6.07) is 0.492. The fourth-order valence-electron chi connectivity index (χ4n) is 2.88. The van der Waals surface area contributed by atoms with Crippen molar-refractivity contribution in [2.45, 2.75) is 50.4 Å². The van der Waals surface area contributed by atoms with Crippen molar-refractivity contribution in [3.8, 4) is 0 Å². The summed E-state index contributed by atoms with van der Waals surface area (Å²) in [7, 11) is 0. The summed E-state index contributed by atoms with van der Waals surface area (Å²) in [6.07, 6.45) is 4.67. The minimum absolute atomic E-state index is 0.214. The number of aromatic nitrogens is 3. The molecule has 1 amide bonds. The molecule has 1 aliphatic carbocycles. The molecule has 1 atom stereocenters. The van der Waals surface area contributed by atoms with Crippen molar-refractivity contribution in [3.05, 3.63) is 5.82 Å². The van der Waals surface area contributed by atoms with E-state index in [0.717, 1.165) is 43.3 Å². The predicted molar refractivity (Wildman–Crippen MR) is 81.9 cm³/mol. The van der Waals surface area contributed by atoms with Crippen molar-refractivity contribution in [1.82, 2.24) is 19.7 Å². The molecule has 6 nitrogen and oxygen atoms in total. The first kappa shape index (κ1) is 14.8. The van der Waals surface area contributed by atoms with E-state index in [1.54, 1.807) is 0 Å². The summed E-state index contributed by atoms with van der Waals surface area (Å²) in [5.74, 6) is 2.11. The van der Waals surface area contributed by atoms with Crippen LogP contribution in [0.2, 0.25) is 0 Å². The van der Waals surface area contributed by atoms with Crippen molar-refractivity contribution >= 4 is 17.7 Å². The SMILES string of the molecule is CC1CCCN(C(=O)CSc2nnc(CN)n2C2CC2)C1. The first-order valence-electron chi connectivity index (χ1n) is 7.73. The largest absolute Gasteiger partial charge is 0.342 e. The lowest BCUT2D eigenvalue weighted by Crippen LogP contribution is -2.40. The van der Waals surface area contributed by atoms with Gasteiger partial charge in [0.2, 0.25) is 5.91 Å². The van der Waals surface area contributed by atoms with E-state index >= 15 is 0 Å². The second-order valence-corrected chi connectivity index (χ2v) is 7.02. The molecule has 7 heteroatoms. The zero-order chi connectivity index (χ0) is 14.8. The molecule has 1 saturated heterocycles. The molecule has 0 radical (unpaired) electrons. The van der Waals surface area contributed by atoms with E-state index in [1.807, 2.05) is 4.90 Å². The summed E-state index contributed by atoms with van der Waals surface area (Å²) in [6.45, 7) is 4.40. The topological polar surface area (TPSA) is 77.0 Å². The number of carbonyl (C=O) groups excluding carboxylic acids is 1. The van der Waals surface area contributed by atoms with E-state index < -0.39 is 0 Å². The molecule has 2 aliphatic rings. The Kier molecular flexibility index (Phi) is 4.49. The molecule has 21 heavy (non-hydrogen) atoms. The lowest BCUT2D eigenvalue weighted by atomic mass is 10.0. The van der Waals surface area contributed by atoms with Crippen LogP contribution in [0.1, 0.15) is 44.5 Å². The third-order valence-corrected chi connectivity index (χ3v) is 5.09. The minimum atomic E-state index is 0.214. The molecule has 0 bridgehead atoms. The number of thioether (sulfide) groups is 1. The van der Waals surface area contributed by atoms with Crippen LogP contribution in [0.5, 0.6) is 0 Å². The Morgan fingerprint density at radius 2 is 2.19 bits per heavy atom. The Bertz CT molecular complexity index is 513. The lowest BCUT2D eigenvalue weighted by Gasteiger charge is -2.30. The van der Waals surface area contributed by atoms with Crippen LogP contribution in [0.25, 0.3) is 0 Å². The number of likely N-dealkylation sites (tertiary alicyclic amines) is 1. The van der Waals surface area contributed by atoms with Crippen LogP contribution in [-0.2, 0) is 11.3 Å². The van der Waals surface area contributed by atoms with Gasteiger partial charge in [-0.25, -0.2) is 0 Å². The molecule has 1 aliphatic heterocycles. The summed E-state index contributed by atoms with van der Waals surface area (Å²) >= 11 is 1.50. The van der Waals surface area contributed by atoms with E-state index in [-0.39, 0.29) is 5.91 Å². The normalized spacial score (nSPS) is 22.6. The van der Waals surface area contributed by atoms with Crippen LogP contribution in [-0.4, -0.2) is 44.4 Å². The van der Waals surface area contributed by atoms with Gasteiger partial charge in [-0.3, -0.25) is 4.79 Å². The Balaban J connectivity index is 1.59. The van der Waals surface area contributed by atoms with Gasteiger partial charge >= 0.3 is 0 Å². The molecule has 2 N–H and O–H groups in total. The molecule has 1 unspecified atom stereocenters. The maximum Gasteiger partial charge on any atom is 0.233 e. The number of piperidine rings is 1. The van der Waals surface area contributed by atoms with E-state index in [0.29, 0.717) is 24.3 Å². The highest BCUT2D eigenvalue weighted by molar-refractivity contribution is 7.99. The zero-order valence-electron chi connectivity index (χ0n) is 12.5. The molecule has 1 aromatic rings. The number of carbonyl (C=O) groups is 1. The van der Waals surface area contributed by atoms with Crippen LogP contribution in [0.3, 0.4) is 0 Å². The Morgan fingerprint density at radius 1 is 1.38 bits per heavy atom. The van der Waals surface area contributed by atoms with Crippen molar-refractivity contribution < 1.29 is 4.79 Å². The third kappa shape index (κ3) is 3.40. The molecule has 2 heterocycles. The fourth-order valence-corrected chi connectivity index (χ4v) is 3.81. The standard InChI is InChI=1S/C14H23N5OS/c1-10-3-2-6-18(8-10)13(20)9-21-14-17-16-12(7-15)19(14)11-4-5-11/h10-11H,2-9,15H2,1H3. The van der Waals surface area contributed by atoms with Crippen molar-refractivity contribution in [2.75, 3.05) is 18.8 Å². The van der Waals surface area contributed by atoms with Crippen molar-refractivity contribution in [1.29, 1.82) is 0 Å². The van der Waals surface area contributed by atoms with Crippen LogP contribution in [0.15, 0.2) is 5.16 Å². The van der Waals surface area contributed by atoms with Crippen LogP contribution >= 0.6 is 11.8 Å². The number of amides is 1. The third-order valence-electron chi connectivity index (χ3n) is 4.16. The quantitative estimate of drug-likeness (QED) is 0.832. The van der Waals surface area contributed by atoms with Gasteiger partial charge in [0.15, 0.2) is 5.16 Å². The average molecular weight is 309 g/mol. The van der Waals surface area contributed by atoms with Crippen LogP contribution < -0.4 is 5.73 Å². The van der Waals surface area contributed by atoms with Gasteiger partial charge in [0, 0.05) is 19.1 Å². The molecule has 1 saturated carbocycles. The van der Waals surface area contributed by atoms with Crippen LogP contribution in [0, 0.1) is 5.92 Å². The van der Waals surface area contributed by atoms with Gasteiger partial charge in [0.05, 0.1) is 12.3 Å². The smallest absolute Gasteiger partial charge is 0.233 e. The summed E-state index contributed by atoms with van der Waals surface area (Å²) in [5, 5.41) is 9.19. The summed E-state index contributed by atoms with van der Waals surface area (Å²) in [5.41, 5.74) is 5.71. The molecule has 0 spiro atoms. The maximum absolute atomic E-state index is 12.3. The van der Waals surface area contributed by atoms with E-state index in [1.165, 1.54) is 18.2 Å². The number of hydrogen-bond acceptors (Lipinski definition) is 5. The monoisotopic (exact) mass is 309 g/mol. The van der Waals surface area contributed by atoms with Gasteiger partial charge in [0.25, 0.3) is 0 Å². The van der Waals surface area contributed by atoms with Gasteiger partial charge < -0.3 is 15.2 Å². The van der Waals surface area contributed by atoms with Gasteiger partial charge in [-0.1, -0.05) is 18.7 Å². The molecular weight excluding hydrogens is 286 g/mol. The van der Waals surface area contributed by atoms with Gasteiger partial charge in [0.1, 0.15) is 5.82 Å². The molecule has 0 aromatic carbocycles. The van der Waals surface area contributed by atoms with E-state index in [9.17, 15) is 4.79 Å². The lowest BCUT2D eigenvalue weighted by molar-refractivity contribution is -0.130.